The topological polar surface area (TPSA) is 21.7 Å². The van der Waals surface area contributed by atoms with Crippen LogP contribution in [-0.4, -0.2) is 32.9 Å². The van der Waals surface area contributed by atoms with Gasteiger partial charge in [-0.25, -0.2) is 0 Å². The SMILES string of the molecule is CCCC(CC)(Pc1ccc(C)cc1CN(C)C)c1cc(C)cc(C(C)(C)C)c1OCOC. The van der Waals surface area contributed by atoms with Crippen LogP contribution in [-0.2, 0) is 21.9 Å². The third-order valence-corrected chi connectivity index (χ3v) is 8.39. The van der Waals surface area contributed by atoms with E-state index in [0.717, 1.165) is 31.6 Å². The smallest absolute Gasteiger partial charge is 0.188 e. The summed E-state index contributed by atoms with van der Waals surface area (Å²) in [6, 6.07) is 11.7. The van der Waals surface area contributed by atoms with Crippen molar-refractivity contribution in [3.63, 3.8) is 0 Å². The molecular weight excluding hydrogens is 425 g/mol. The lowest BCUT2D eigenvalue weighted by Gasteiger charge is -2.38. The molecule has 2 aromatic rings. The normalized spacial score (nSPS) is 14.3. The number of ether oxygens (including phenoxy) is 2. The van der Waals surface area contributed by atoms with Crippen LogP contribution in [0.25, 0.3) is 0 Å². The Morgan fingerprint density at radius 3 is 2.15 bits per heavy atom. The Morgan fingerprint density at radius 1 is 0.939 bits per heavy atom. The molecular formula is C29H46NO2P. The first-order valence-corrected chi connectivity index (χ1v) is 13.3. The van der Waals surface area contributed by atoms with Crippen LogP contribution in [0.2, 0.25) is 0 Å². The zero-order chi connectivity index (χ0) is 24.8. The van der Waals surface area contributed by atoms with Gasteiger partial charge in [-0.3, -0.25) is 0 Å². The molecule has 0 amide bonds. The summed E-state index contributed by atoms with van der Waals surface area (Å²) in [7, 11) is 6.68. The van der Waals surface area contributed by atoms with Crippen LogP contribution in [0.1, 0.15) is 81.7 Å². The monoisotopic (exact) mass is 471 g/mol. The maximum absolute atomic E-state index is 6.38. The van der Waals surface area contributed by atoms with Gasteiger partial charge in [0, 0.05) is 29.9 Å². The molecule has 0 saturated carbocycles. The summed E-state index contributed by atoms with van der Waals surface area (Å²) in [5, 5.41) is 1.50. The van der Waals surface area contributed by atoms with E-state index in [1.165, 1.54) is 33.1 Å². The minimum Gasteiger partial charge on any atom is -0.467 e. The van der Waals surface area contributed by atoms with Crippen molar-refractivity contribution in [3.05, 3.63) is 58.1 Å². The van der Waals surface area contributed by atoms with E-state index in [0.29, 0.717) is 8.58 Å². The van der Waals surface area contributed by atoms with Crippen LogP contribution >= 0.6 is 8.58 Å². The second kappa shape index (κ2) is 11.8. The standard InChI is InChI=1S/C29H46NO2P/c1-11-15-29(12-2,33-26-14-13-21(3)16-23(26)19-30(8)9)25-18-22(4)17-24(28(5,6)7)27(25)32-20-31-10/h13-14,16-18,33H,11-12,15,19-20H2,1-10H3. The fourth-order valence-corrected chi connectivity index (χ4v) is 6.55. The minimum atomic E-state index is -0.0153. The first-order chi connectivity index (χ1) is 15.5. The van der Waals surface area contributed by atoms with Gasteiger partial charge in [-0.2, -0.15) is 0 Å². The highest BCUT2D eigenvalue weighted by Crippen LogP contribution is 2.53. The average molecular weight is 472 g/mol. The van der Waals surface area contributed by atoms with Crippen molar-refractivity contribution in [2.75, 3.05) is 28.0 Å². The van der Waals surface area contributed by atoms with Crippen LogP contribution in [0, 0.1) is 13.8 Å². The van der Waals surface area contributed by atoms with E-state index in [1.807, 2.05) is 0 Å². The number of hydrogen-bond donors (Lipinski definition) is 0. The number of aryl methyl sites for hydroxylation is 2. The first-order valence-electron chi connectivity index (χ1n) is 12.3. The summed E-state index contributed by atoms with van der Waals surface area (Å²) >= 11 is 0. The molecule has 3 nitrogen and oxygen atoms in total. The molecule has 0 heterocycles. The molecule has 4 heteroatoms. The van der Waals surface area contributed by atoms with Crippen molar-refractivity contribution in [1.82, 2.24) is 4.90 Å². The third kappa shape index (κ3) is 7.04. The van der Waals surface area contributed by atoms with Crippen molar-refractivity contribution in [3.8, 4) is 5.75 Å². The van der Waals surface area contributed by atoms with Crippen LogP contribution in [0.5, 0.6) is 5.75 Å². The Morgan fingerprint density at radius 2 is 1.61 bits per heavy atom. The molecule has 0 aromatic heterocycles. The van der Waals surface area contributed by atoms with Gasteiger partial charge in [-0.05, 0) is 57.1 Å². The molecule has 0 radical (unpaired) electrons. The first kappa shape index (κ1) is 27.8. The summed E-state index contributed by atoms with van der Waals surface area (Å²) in [5.74, 6) is 1.03. The van der Waals surface area contributed by atoms with Gasteiger partial charge in [-0.15, -0.1) is 0 Å². The lowest BCUT2D eigenvalue weighted by atomic mass is 9.80. The van der Waals surface area contributed by atoms with Gasteiger partial charge in [0.25, 0.3) is 0 Å². The Kier molecular flexibility index (Phi) is 9.97. The van der Waals surface area contributed by atoms with Crippen molar-refractivity contribution in [2.24, 2.45) is 0 Å². The van der Waals surface area contributed by atoms with Gasteiger partial charge >= 0.3 is 0 Å². The van der Waals surface area contributed by atoms with E-state index >= 15 is 0 Å². The minimum absolute atomic E-state index is 0.0153. The number of benzene rings is 2. The largest absolute Gasteiger partial charge is 0.467 e. The fourth-order valence-electron chi connectivity index (χ4n) is 4.68. The van der Waals surface area contributed by atoms with Gasteiger partial charge in [0.1, 0.15) is 5.75 Å². The zero-order valence-electron chi connectivity index (χ0n) is 22.7. The highest BCUT2D eigenvalue weighted by Gasteiger charge is 2.36. The van der Waals surface area contributed by atoms with Crippen LogP contribution < -0.4 is 10.0 Å². The molecule has 0 aliphatic carbocycles. The fraction of sp³-hybridized carbons (Fsp3) is 0.586. The van der Waals surface area contributed by atoms with E-state index in [1.54, 1.807) is 7.11 Å². The Labute approximate surface area is 205 Å². The number of methoxy groups -OCH3 is 1. The second-order valence-corrected chi connectivity index (χ2v) is 12.4. The molecule has 33 heavy (non-hydrogen) atoms. The van der Waals surface area contributed by atoms with E-state index in [4.69, 9.17) is 9.47 Å². The maximum atomic E-state index is 6.38. The summed E-state index contributed by atoms with van der Waals surface area (Å²) in [6.07, 6.45) is 3.34. The van der Waals surface area contributed by atoms with Gasteiger partial charge < -0.3 is 14.4 Å². The van der Waals surface area contributed by atoms with E-state index in [-0.39, 0.29) is 17.4 Å². The molecule has 2 unspecified atom stereocenters. The number of rotatable bonds is 11. The van der Waals surface area contributed by atoms with Gasteiger partial charge in [0.2, 0.25) is 0 Å². The predicted molar refractivity (Wildman–Crippen MR) is 146 cm³/mol. The number of nitrogens with zero attached hydrogens (tertiary/aromatic N) is 1. The van der Waals surface area contributed by atoms with E-state index in [9.17, 15) is 0 Å². The molecule has 2 aromatic carbocycles. The number of hydrogen-bond acceptors (Lipinski definition) is 3. The van der Waals surface area contributed by atoms with Gasteiger partial charge in [-0.1, -0.05) is 91.1 Å². The molecule has 0 saturated heterocycles. The quantitative estimate of drug-likeness (QED) is 0.259. The molecule has 0 bridgehead atoms. The molecule has 2 atom stereocenters. The summed E-state index contributed by atoms with van der Waals surface area (Å²) in [6.45, 7) is 17.1. The molecule has 184 valence electrons. The summed E-state index contributed by atoms with van der Waals surface area (Å²) in [4.78, 5) is 2.27. The van der Waals surface area contributed by atoms with Crippen LogP contribution in [0.15, 0.2) is 30.3 Å². The molecule has 0 spiro atoms. The van der Waals surface area contributed by atoms with E-state index < -0.39 is 0 Å². The van der Waals surface area contributed by atoms with Crippen LogP contribution in [0.4, 0.5) is 0 Å². The average Bonchev–Trinajstić information content (AvgIpc) is 2.72. The lowest BCUT2D eigenvalue weighted by Crippen LogP contribution is -2.27. The van der Waals surface area contributed by atoms with Crippen molar-refractivity contribution in [2.45, 2.75) is 84.8 Å². The highest BCUT2D eigenvalue weighted by molar-refractivity contribution is 7.48. The maximum Gasteiger partial charge on any atom is 0.188 e. The predicted octanol–water partition coefficient (Wildman–Crippen LogP) is 7.05. The second-order valence-electron chi connectivity index (χ2n) is 10.7. The Bertz CT molecular complexity index is 917. The third-order valence-electron chi connectivity index (χ3n) is 6.28. The molecule has 0 fully saturated rings. The summed E-state index contributed by atoms with van der Waals surface area (Å²) in [5.41, 5.74) is 6.67. The zero-order valence-corrected chi connectivity index (χ0v) is 23.7. The van der Waals surface area contributed by atoms with Crippen molar-refractivity contribution in [1.29, 1.82) is 0 Å². The molecule has 2 rings (SSSR count). The molecule has 0 N–H and O–H groups in total. The van der Waals surface area contributed by atoms with Gasteiger partial charge in [0.15, 0.2) is 6.79 Å². The van der Waals surface area contributed by atoms with Gasteiger partial charge in [0.05, 0.1) is 0 Å². The van der Waals surface area contributed by atoms with E-state index in [2.05, 4.69) is 97.8 Å². The van der Waals surface area contributed by atoms with Crippen molar-refractivity contribution >= 4 is 13.9 Å². The summed E-state index contributed by atoms with van der Waals surface area (Å²) < 4.78 is 11.8. The lowest BCUT2D eigenvalue weighted by molar-refractivity contribution is 0.0485. The van der Waals surface area contributed by atoms with Crippen molar-refractivity contribution < 1.29 is 9.47 Å². The highest BCUT2D eigenvalue weighted by atomic mass is 31.1. The molecule has 0 aliphatic rings. The van der Waals surface area contributed by atoms with Crippen LogP contribution in [0.3, 0.4) is 0 Å². The molecule has 0 aliphatic heterocycles. The Balaban J connectivity index is 2.76. The Hall–Kier alpha value is -1.41.